The molecule has 4 atom stereocenters. The molecule has 2 N–H and O–H groups in total. The van der Waals surface area contributed by atoms with Gasteiger partial charge in [-0.2, -0.15) is 0 Å². The second kappa shape index (κ2) is 17.2. The van der Waals surface area contributed by atoms with Crippen LogP contribution in [-0.2, 0) is 30.3 Å². The zero-order valence-corrected chi connectivity index (χ0v) is 34.4. The number of hydrogen-bond acceptors (Lipinski definition) is 7. The van der Waals surface area contributed by atoms with Crippen molar-refractivity contribution < 1.29 is 33.4 Å². The van der Waals surface area contributed by atoms with Gasteiger partial charge in [0.2, 0.25) is 17.7 Å². The second-order valence-corrected chi connectivity index (χ2v) is 17.2. The minimum absolute atomic E-state index is 0.105. The number of likely N-dealkylation sites (tertiary alicyclic amines) is 2. The van der Waals surface area contributed by atoms with Crippen molar-refractivity contribution in [3.63, 3.8) is 0 Å². The molecule has 2 saturated heterocycles. The molecule has 3 aromatic rings. The third-order valence-electron chi connectivity index (χ3n) is 12.3. The lowest BCUT2D eigenvalue weighted by Crippen LogP contribution is -2.59. The zero-order valence-electron chi connectivity index (χ0n) is 34.4. The molecule has 2 fully saturated rings. The minimum Gasteiger partial charge on any atom is -0.448 e. The zero-order chi connectivity index (χ0) is 41.1. The van der Waals surface area contributed by atoms with Gasteiger partial charge >= 0.3 is 12.2 Å². The monoisotopic (exact) mass is 791 g/mol. The fourth-order valence-electron chi connectivity index (χ4n) is 9.08. The van der Waals surface area contributed by atoms with E-state index in [9.17, 15) is 24.0 Å². The average Bonchev–Trinajstić information content (AvgIpc) is 3.84. The number of carbonyl (C=O) groups is 5. The SMILES string of the molecule is CC(C(=O)N[C@H](C(=O)N1CCCC1C(=O)N[C@@H]1CCCc2ccccc21)C1CCN(C(=O)OC(C)(C)C)CC1)N(C)C(=O)OCC1c2ccccc2-c2ccccc21. The summed E-state index contributed by atoms with van der Waals surface area (Å²) in [7, 11) is 1.52. The molecule has 0 radical (unpaired) electrons. The summed E-state index contributed by atoms with van der Waals surface area (Å²) in [5, 5.41) is 6.26. The van der Waals surface area contributed by atoms with Gasteiger partial charge in [-0.15, -0.1) is 0 Å². The van der Waals surface area contributed by atoms with Crippen molar-refractivity contribution in [2.45, 2.75) is 108 Å². The van der Waals surface area contributed by atoms with Gasteiger partial charge in [-0.05, 0) is 112 Å². The second-order valence-electron chi connectivity index (χ2n) is 17.2. The fourth-order valence-corrected chi connectivity index (χ4v) is 9.08. The van der Waals surface area contributed by atoms with Crippen LogP contribution in [0.3, 0.4) is 0 Å². The first-order chi connectivity index (χ1) is 27.8. The summed E-state index contributed by atoms with van der Waals surface area (Å²) in [6.45, 7) is 8.25. The van der Waals surface area contributed by atoms with Crippen LogP contribution < -0.4 is 10.6 Å². The summed E-state index contributed by atoms with van der Waals surface area (Å²) in [4.78, 5) is 73.7. The van der Waals surface area contributed by atoms with Crippen molar-refractivity contribution in [3.8, 4) is 11.1 Å². The lowest BCUT2D eigenvalue weighted by atomic mass is 9.87. The number of amides is 5. The number of piperidine rings is 1. The lowest BCUT2D eigenvalue weighted by Gasteiger charge is -2.39. The van der Waals surface area contributed by atoms with E-state index in [0.717, 1.165) is 47.1 Å². The number of carbonyl (C=O) groups excluding carboxylic acids is 5. The van der Waals surface area contributed by atoms with E-state index in [1.165, 1.54) is 17.5 Å². The summed E-state index contributed by atoms with van der Waals surface area (Å²) in [6.07, 6.45) is 3.75. The van der Waals surface area contributed by atoms with Crippen molar-refractivity contribution in [3.05, 3.63) is 95.1 Å². The Morgan fingerprint density at radius 1 is 0.810 bits per heavy atom. The standard InChI is InChI=1S/C46H57N5O7/c1-29(49(5)44(55)57-28-37-35-19-10-8-17-33(35)34-18-9-11-20-36(34)37)41(52)48-40(31-23-26-50(27-24-31)45(56)58-46(2,3)4)43(54)51-25-13-22-39(51)42(53)47-38-21-12-15-30-14-6-7-16-32(30)38/h6-11,14,16-20,29,31,37-40H,12-13,15,21-28H2,1-5H3,(H,47,53)(H,48,52)/t29?,38-,39?,40+/m1/s1. The Morgan fingerprint density at radius 2 is 1.43 bits per heavy atom. The fraction of sp³-hybridized carbons (Fsp3) is 0.500. The van der Waals surface area contributed by atoms with Crippen LogP contribution in [0.15, 0.2) is 72.8 Å². The van der Waals surface area contributed by atoms with Crippen molar-refractivity contribution in [1.29, 1.82) is 0 Å². The molecule has 12 heteroatoms. The molecule has 2 aliphatic heterocycles. The first-order valence-corrected chi connectivity index (χ1v) is 20.9. The Bertz CT molecular complexity index is 1980. The quantitative estimate of drug-likeness (QED) is 0.250. The van der Waals surface area contributed by atoms with E-state index in [0.29, 0.717) is 45.3 Å². The van der Waals surface area contributed by atoms with Gasteiger partial charge in [0.05, 0.1) is 6.04 Å². The highest BCUT2D eigenvalue weighted by molar-refractivity contribution is 5.94. The lowest BCUT2D eigenvalue weighted by molar-refractivity contribution is -0.143. The Hall–Kier alpha value is -5.39. The molecule has 3 aromatic carbocycles. The number of nitrogens with one attached hydrogen (secondary N) is 2. The summed E-state index contributed by atoms with van der Waals surface area (Å²) < 4.78 is 11.5. The van der Waals surface area contributed by atoms with Gasteiger partial charge in [0.25, 0.3) is 0 Å². The first kappa shape index (κ1) is 40.8. The van der Waals surface area contributed by atoms with Crippen LogP contribution in [0.2, 0.25) is 0 Å². The molecule has 0 saturated carbocycles. The molecule has 58 heavy (non-hydrogen) atoms. The molecule has 0 bridgehead atoms. The maximum absolute atomic E-state index is 14.7. The molecule has 308 valence electrons. The smallest absolute Gasteiger partial charge is 0.410 e. The number of aryl methyl sites for hydroxylation is 1. The number of benzene rings is 3. The minimum atomic E-state index is -0.976. The highest BCUT2D eigenvalue weighted by atomic mass is 16.6. The predicted molar refractivity (Wildman–Crippen MR) is 220 cm³/mol. The highest BCUT2D eigenvalue weighted by Crippen LogP contribution is 2.44. The largest absolute Gasteiger partial charge is 0.448 e. The third-order valence-corrected chi connectivity index (χ3v) is 12.3. The van der Waals surface area contributed by atoms with Gasteiger partial charge in [-0.3, -0.25) is 19.3 Å². The predicted octanol–water partition coefficient (Wildman–Crippen LogP) is 6.57. The van der Waals surface area contributed by atoms with Crippen LogP contribution in [-0.4, -0.2) is 102 Å². The van der Waals surface area contributed by atoms with Gasteiger partial charge in [0.1, 0.15) is 30.3 Å². The Morgan fingerprint density at radius 3 is 2.09 bits per heavy atom. The number of nitrogens with zero attached hydrogens (tertiary/aromatic N) is 3. The van der Waals surface area contributed by atoms with E-state index in [4.69, 9.17) is 9.47 Å². The van der Waals surface area contributed by atoms with Crippen molar-refractivity contribution in [2.24, 2.45) is 5.92 Å². The maximum Gasteiger partial charge on any atom is 0.410 e. The van der Waals surface area contributed by atoms with Gasteiger partial charge in [0.15, 0.2) is 0 Å². The number of ether oxygens (including phenoxy) is 2. The summed E-state index contributed by atoms with van der Waals surface area (Å²) in [6, 6.07) is 21.6. The van der Waals surface area contributed by atoms with Crippen LogP contribution in [0, 0.1) is 5.92 Å². The Kier molecular flexibility index (Phi) is 12.1. The van der Waals surface area contributed by atoms with Crippen molar-refractivity contribution in [1.82, 2.24) is 25.3 Å². The molecule has 12 nitrogen and oxygen atoms in total. The molecule has 0 spiro atoms. The van der Waals surface area contributed by atoms with Gasteiger partial charge in [0, 0.05) is 32.6 Å². The van der Waals surface area contributed by atoms with E-state index in [-0.39, 0.29) is 36.3 Å². The van der Waals surface area contributed by atoms with Gasteiger partial charge < -0.3 is 29.9 Å². The van der Waals surface area contributed by atoms with Gasteiger partial charge in [-0.1, -0.05) is 72.8 Å². The molecule has 0 aromatic heterocycles. The maximum atomic E-state index is 14.7. The number of fused-ring (bicyclic) bond motifs is 4. The Labute approximate surface area is 341 Å². The van der Waals surface area contributed by atoms with Crippen LogP contribution in [0.1, 0.15) is 100 Å². The van der Waals surface area contributed by atoms with E-state index >= 15 is 0 Å². The van der Waals surface area contributed by atoms with Crippen LogP contribution >= 0.6 is 0 Å². The van der Waals surface area contributed by atoms with E-state index in [1.807, 2.05) is 69.3 Å². The molecular formula is C46H57N5O7. The number of rotatable bonds is 9. The van der Waals surface area contributed by atoms with Crippen molar-refractivity contribution in [2.75, 3.05) is 33.3 Å². The van der Waals surface area contributed by atoms with Crippen LogP contribution in [0.4, 0.5) is 9.59 Å². The molecule has 2 heterocycles. The number of likely N-dealkylation sites (N-methyl/N-ethyl adjacent to an activating group) is 1. The molecule has 7 rings (SSSR count). The molecule has 2 aliphatic carbocycles. The van der Waals surface area contributed by atoms with Crippen molar-refractivity contribution >= 4 is 29.9 Å². The average molecular weight is 792 g/mol. The molecule has 4 aliphatic rings. The van der Waals surface area contributed by atoms with E-state index in [2.05, 4.69) is 34.9 Å². The highest BCUT2D eigenvalue weighted by Gasteiger charge is 2.43. The summed E-state index contributed by atoms with van der Waals surface area (Å²) in [5.74, 6) is -1.50. The normalized spacial score (nSPS) is 20.2. The third kappa shape index (κ3) is 8.71. The Balaban J connectivity index is 1.04. The van der Waals surface area contributed by atoms with E-state index < -0.39 is 41.8 Å². The molecule has 2 unspecified atom stereocenters. The summed E-state index contributed by atoms with van der Waals surface area (Å²) in [5.41, 5.74) is 6.10. The first-order valence-electron chi connectivity index (χ1n) is 20.9. The topological polar surface area (TPSA) is 138 Å². The molecule has 5 amide bonds. The van der Waals surface area contributed by atoms with E-state index in [1.54, 1.807) is 16.7 Å². The summed E-state index contributed by atoms with van der Waals surface area (Å²) >= 11 is 0. The van der Waals surface area contributed by atoms with Crippen LogP contribution in [0.5, 0.6) is 0 Å². The van der Waals surface area contributed by atoms with Gasteiger partial charge in [-0.25, -0.2) is 9.59 Å². The van der Waals surface area contributed by atoms with Crippen LogP contribution in [0.25, 0.3) is 11.1 Å². The number of hydrogen-bond donors (Lipinski definition) is 2. The molecular weight excluding hydrogens is 735 g/mol.